The Hall–Kier alpha value is -1.50. The van der Waals surface area contributed by atoms with Gasteiger partial charge in [0, 0.05) is 6.20 Å². The highest BCUT2D eigenvalue weighted by Gasteiger charge is 2.15. The molecule has 19 heavy (non-hydrogen) atoms. The van der Waals surface area contributed by atoms with Crippen LogP contribution in [0.1, 0.15) is 17.2 Å². The van der Waals surface area contributed by atoms with Gasteiger partial charge in [0.2, 0.25) is 0 Å². The first kappa shape index (κ1) is 13.9. The van der Waals surface area contributed by atoms with Gasteiger partial charge in [-0.05, 0) is 45.3 Å². The fraction of sp³-hybridized carbons (Fsp3) is 0.154. The van der Waals surface area contributed by atoms with Gasteiger partial charge in [-0.25, -0.2) is 9.82 Å². The van der Waals surface area contributed by atoms with Gasteiger partial charge in [0.1, 0.15) is 11.6 Å². The lowest BCUT2D eigenvalue weighted by Gasteiger charge is -2.17. The topological polar surface area (TPSA) is 60.2 Å². The Labute approximate surface area is 118 Å². The SMILES string of the molecule is COc1ccc(C(NN)c2cncc(F)c2)cc1Br. The molecule has 2 rings (SSSR count). The molecule has 0 bridgehead atoms. The molecule has 0 saturated carbocycles. The summed E-state index contributed by atoms with van der Waals surface area (Å²) in [7, 11) is 1.59. The standard InChI is InChI=1S/C13H13BrFN3O/c1-19-12-3-2-8(5-11(12)14)13(18-16)9-4-10(15)7-17-6-9/h2-7,13,18H,16H2,1H3. The third kappa shape index (κ3) is 3.09. The zero-order chi connectivity index (χ0) is 13.8. The maximum atomic E-state index is 13.2. The van der Waals surface area contributed by atoms with E-state index in [1.54, 1.807) is 13.3 Å². The smallest absolute Gasteiger partial charge is 0.141 e. The molecule has 6 heteroatoms. The summed E-state index contributed by atoms with van der Waals surface area (Å²) in [6.45, 7) is 0. The first-order valence-corrected chi connectivity index (χ1v) is 6.35. The molecular weight excluding hydrogens is 313 g/mol. The molecule has 4 nitrogen and oxygen atoms in total. The van der Waals surface area contributed by atoms with Crippen LogP contribution in [-0.4, -0.2) is 12.1 Å². The number of halogens is 2. The van der Waals surface area contributed by atoms with Gasteiger partial charge in [0.15, 0.2) is 0 Å². The van der Waals surface area contributed by atoms with Gasteiger partial charge in [-0.15, -0.1) is 0 Å². The van der Waals surface area contributed by atoms with Gasteiger partial charge in [0.05, 0.1) is 23.8 Å². The molecule has 0 spiro atoms. The minimum Gasteiger partial charge on any atom is -0.496 e. The number of benzene rings is 1. The molecule has 0 aliphatic rings. The first-order valence-electron chi connectivity index (χ1n) is 5.55. The van der Waals surface area contributed by atoms with Gasteiger partial charge < -0.3 is 4.74 Å². The summed E-state index contributed by atoms with van der Waals surface area (Å²) in [5, 5.41) is 0. The van der Waals surface area contributed by atoms with Gasteiger partial charge in [-0.2, -0.15) is 0 Å². The number of hydrogen-bond donors (Lipinski definition) is 2. The van der Waals surface area contributed by atoms with Gasteiger partial charge in [-0.1, -0.05) is 6.07 Å². The summed E-state index contributed by atoms with van der Waals surface area (Å²) in [6, 6.07) is 6.60. The lowest BCUT2D eigenvalue weighted by atomic mass is 10.0. The minimum atomic E-state index is -0.398. The molecule has 3 N–H and O–H groups in total. The molecule has 0 saturated heterocycles. The lowest BCUT2D eigenvalue weighted by molar-refractivity contribution is 0.411. The summed E-state index contributed by atoms with van der Waals surface area (Å²) in [4.78, 5) is 3.83. The molecule has 0 aliphatic carbocycles. The molecule has 2 aromatic rings. The van der Waals surface area contributed by atoms with Gasteiger partial charge >= 0.3 is 0 Å². The Balaban J connectivity index is 2.39. The largest absolute Gasteiger partial charge is 0.496 e. The summed E-state index contributed by atoms with van der Waals surface area (Å²) in [5.41, 5.74) is 4.19. The normalized spacial score (nSPS) is 12.2. The Morgan fingerprint density at radius 3 is 2.68 bits per heavy atom. The summed E-state index contributed by atoms with van der Waals surface area (Å²) in [5.74, 6) is 5.88. The number of methoxy groups -OCH3 is 1. The molecule has 1 aromatic heterocycles. The van der Waals surface area contributed by atoms with Crippen molar-refractivity contribution in [2.24, 2.45) is 5.84 Å². The maximum Gasteiger partial charge on any atom is 0.141 e. The number of pyridine rings is 1. The van der Waals surface area contributed by atoms with Crippen molar-refractivity contribution in [3.8, 4) is 5.75 Å². The van der Waals surface area contributed by atoms with Crippen molar-refractivity contribution in [1.29, 1.82) is 0 Å². The number of nitrogens with zero attached hydrogens (tertiary/aromatic N) is 1. The van der Waals surface area contributed by atoms with Crippen molar-refractivity contribution in [3.05, 3.63) is 58.1 Å². The number of aromatic nitrogens is 1. The van der Waals surface area contributed by atoms with Crippen LogP contribution in [0.15, 0.2) is 41.1 Å². The lowest BCUT2D eigenvalue weighted by Crippen LogP contribution is -2.29. The van der Waals surface area contributed by atoms with Crippen LogP contribution in [0.5, 0.6) is 5.75 Å². The minimum absolute atomic E-state index is 0.342. The van der Waals surface area contributed by atoms with Crippen LogP contribution in [0.4, 0.5) is 4.39 Å². The van der Waals surface area contributed by atoms with E-state index >= 15 is 0 Å². The van der Waals surface area contributed by atoms with Crippen molar-refractivity contribution < 1.29 is 9.13 Å². The van der Waals surface area contributed by atoms with Crippen LogP contribution >= 0.6 is 15.9 Å². The van der Waals surface area contributed by atoms with E-state index in [2.05, 4.69) is 26.3 Å². The third-order valence-electron chi connectivity index (χ3n) is 2.74. The number of ether oxygens (including phenoxy) is 1. The highest BCUT2D eigenvalue weighted by Crippen LogP contribution is 2.30. The first-order chi connectivity index (χ1) is 9.15. The third-order valence-corrected chi connectivity index (χ3v) is 3.35. The molecule has 1 unspecified atom stereocenters. The molecule has 100 valence electrons. The van der Waals surface area contributed by atoms with E-state index in [9.17, 15) is 4.39 Å². The van der Waals surface area contributed by atoms with Crippen LogP contribution in [0.25, 0.3) is 0 Å². The molecule has 0 radical (unpaired) electrons. The number of rotatable bonds is 4. The number of hydrogen-bond acceptors (Lipinski definition) is 4. The summed E-state index contributed by atoms with van der Waals surface area (Å²) in [6.07, 6.45) is 2.73. The average molecular weight is 326 g/mol. The van der Waals surface area contributed by atoms with Crippen LogP contribution in [0.3, 0.4) is 0 Å². The Morgan fingerprint density at radius 1 is 1.32 bits per heavy atom. The fourth-order valence-corrected chi connectivity index (χ4v) is 2.39. The molecule has 1 aromatic carbocycles. The monoisotopic (exact) mass is 325 g/mol. The molecule has 0 fully saturated rings. The maximum absolute atomic E-state index is 13.2. The highest BCUT2D eigenvalue weighted by atomic mass is 79.9. The Kier molecular flexibility index (Phi) is 4.47. The van der Waals surface area contributed by atoms with Crippen molar-refractivity contribution in [2.45, 2.75) is 6.04 Å². The van der Waals surface area contributed by atoms with Gasteiger partial charge in [0.25, 0.3) is 0 Å². The van der Waals surface area contributed by atoms with Crippen molar-refractivity contribution >= 4 is 15.9 Å². The molecule has 0 amide bonds. The second-order valence-corrected chi connectivity index (χ2v) is 4.78. The van der Waals surface area contributed by atoms with Gasteiger partial charge in [-0.3, -0.25) is 10.8 Å². The molecule has 1 heterocycles. The predicted octanol–water partition coefficient (Wildman–Crippen LogP) is 2.54. The zero-order valence-electron chi connectivity index (χ0n) is 10.2. The van der Waals surface area contributed by atoms with E-state index in [0.717, 1.165) is 22.0 Å². The quantitative estimate of drug-likeness (QED) is 0.670. The van der Waals surface area contributed by atoms with E-state index in [1.807, 2.05) is 18.2 Å². The van der Waals surface area contributed by atoms with E-state index < -0.39 is 5.82 Å². The second kappa shape index (κ2) is 6.10. The summed E-state index contributed by atoms with van der Waals surface area (Å²) < 4.78 is 19.2. The number of nitrogens with two attached hydrogens (primary N) is 1. The van der Waals surface area contributed by atoms with Crippen LogP contribution < -0.4 is 16.0 Å². The number of hydrazine groups is 1. The van der Waals surface area contributed by atoms with Crippen molar-refractivity contribution in [2.75, 3.05) is 7.11 Å². The van der Waals surface area contributed by atoms with E-state index in [4.69, 9.17) is 10.6 Å². The van der Waals surface area contributed by atoms with Crippen molar-refractivity contribution in [1.82, 2.24) is 10.4 Å². The molecular formula is C13H13BrFN3O. The van der Waals surface area contributed by atoms with E-state index in [0.29, 0.717) is 5.56 Å². The Bertz CT molecular complexity index is 580. The molecule has 1 atom stereocenters. The Morgan fingerprint density at radius 2 is 2.11 bits per heavy atom. The summed E-state index contributed by atoms with van der Waals surface area (Å²) >= 11 is 3.41. The highest BCUT2D eigenvalue weighted by molar-refractivity contribution is 9.10. The van der Waals surface area contributed by atoms with Crippen LogP contribution in [0, 0.1) is 5.82 Å². The fourth-order valence-electron chi connectivity index (χ4n) is 1.83. The van der Waals surface area contributed by atoms with Crippen LogP contribution in [0.2, 0.25) is 0 Å². The van der Waals surface area contributed by atoms with Crippen LogP contribution in [-0.2, 0) is 0 Å². The molecule has 0 aliphatic heterocycles. The van der Waals surface area contributed by atoms with E-state index in [1.165, 1.54) is 6.07 Å². The number of nitrogens with one attached hydrogen (secondary N) is 1. The average Bonchev–Trinajstić information content (AvgIpc) is 2.40. The van der Waals surface area contributed by atoms with Crippen molar-refractivity contribution in [3.63, 3.8) is 0 Å². The second-order valence-electron chi connectivity index (χ2n) is 3.93. The van der Waals surface area contributed by atoms with E-state index in [-0.39, 0.29) is 6.04 Å². The predicted molar refractivity (Wildman–Crippen MR) is 74.1 cm³/mol. The zero-order valence-corrected chi connectivity index (χ0v) is 11.8.